The molecule has 1 amide bonds. The van der Waals surface area contributed by atoms with Crippen molar-refractivity contribution in [3.63, 3.8) is 0 Å². The molecule has 8 heteroatoms. The Balaban J connectivity index is 2.47. The second-order valence-electron chi connectivity index (χ2n) is 3.17. The van der Waals surface area contributed by atoms with Gasteiger partial charge in [-0.2, -0.15) is 18.3 Å². The Morgan fingerprint density at radius 3 is 2.65 bits per heavy atom. The van der Waals surface area contributed by atoms with Crippen LogP contribution in [0.25, 0.3) is 11.3 Å². The van der Waals surface area contributed by atoms with Crippen molar-refractivity contribution in [2.45, 2.75) is 6.18 Å². The van der Waals surface area contributed by atoms with Gasteiger partial charge in [0.2, 0.25) is 0 Å². The molecule has 0 aromatic carbocycles. The summed E-state index contributed by atoms with van der Waals surface area (Å²) < 4.78 is 42.4. The van der Waals surface area contributed by atoms with Crippen molar-refractivity contribution >= 4 is 5.91 Å². The van der Waals surface area contributed by atoms with Gasteiger partial charge in [0.25, 0.3) is 5.91 Å². The zero-order valence-corrected chi connectivity index (χ0v) is 8.21. The fourth-order valence-electron chi connectivity index (χ4n) is 1.31. The van der Waals surface area contributed by atoms with Gasteiger partial charge in [-0.1, -0.05) is 0 Å². The first-order chi connectivity index (χ1) is 7.89. The molecular formula is C9H6F3N3O2. The minimum atomic E-state index is -4.60. The quantitative estimate of drug-likeness (QED) is 0.845. The van der Waals surface area contributed by atoms with Crippen molar-refractivity contribution in [1.82, 2.24) is 10.2 Å². The van der Waals surface area contributed by atoms with E-state index in [-0.39, 0.29) is 17.1 Å². The van der Waals surface area contributed by atoms with E-state index < -0.39 is 17.8 Å². The Morgan fingerprint density at radius 2 is 2.12 bits per heavy atom. The van der Waals surface area contributed by atoms with Crippen LogP contribution in [0.1, 0.15) is 16.2 Å². The molecule has 0 bridgehead atoms. The highest BCUT2D eigenvalue weighted by Gasteiger charge is 2.37. The predicted octanol–water partition coefficient (Wildman–Crippen LogP) is 1.79. The molecule has 17 heavy (non-hydrogen) atoms. The number of hydrogen-bond donors (Lipinski definition) is 2. The van der Waals surface area contributed by atoms with Crippen molar-refractivity contribution < 1.29 is 22.4 Å². The summed E-state index contributed by atoms with van der Waals surface area (Å²) in [6.45, 7) is 0. The Labute approximate surface area is 92.4 Å². The van der Waals surface area contributed by atoms with Crippen LogP contribution in [-0.2, 0) is 6.18 Å². The highest BCUT2D eigenvalue weighted by atomic mass is 19.4. The van der Waals surface area contributed by atoms with Gasteiger partial charge in [0.05, 0.1) is 5.56 Å². The van der Waals surface area contributed by atoms with Gasteiger partial charge >= 0.3 is 6.18 Å². The molecule has 0 aliphatic rings. The average molecular weight is 245 g/mol. The third-order valence-electron chi connectivity index (χ3n) is 2.02. The van der Waals surface area contributed by atoms with Crippen LogP contribution in [0.3, 0.4) is 0 Å². The number of hydrogen-bond acceptors (Lipinski definition) is 3. The van der Waals surface area contributed by atoms with Crippen LogP contribution in [0.2, 0.25) is 0 Å². The summed E-state index contributed by atoms with van der Waals surface area (Å²) in [7, 11) is 0. The standard InChI is InChI=1S/C9H6F3N3O2/c10-9(11,12)7-4(3-14-15-7)5-1-2-6(17-5)8(13)16/h1-3H,(H2,13,16)(H,14,15). The van der Waals surface area contributed by atoms with Crippen molar-refractivity contribution in [3.05, 3.63) is 29.8 Å². The van der Waals surface area contributed by atoms with Crippen LogP contribution in [0.5, 0.6) is 0 Å². The summed E-state index contributed by atoms with van der Waals surface area (Å²) in [5, 5.41) is 5.19. The SMILES string of the molecule is NC(=O)c1ccc(-c2c[nH]nc2C(F)(F)F)o1. The number of furan rings is 1. The molecule has 0 saturated heterocycles. The van der Waals surface area contributed by atoms with Gasteiger partial charge in [-0.05, 0) is 12.1 Å². The highest BCUT2D eigenvalue weighted by Crippen LogP contribution is 2.35. The van der Waals surface area contributed by atoms with Crippen LogP contribution < -0.4 is 5.73 Å². The minimum absolute atomic E-state index is 0.125. The first-order valence-electron chi connectivity index (χ1n) is 4.40. The molecule has 0 spiro atoms. The Hall–Kier alpha value is -2.25. The fourth-order valence-corrected chi connectivity index (χ4v) is 1.31. The molecule has 3 N–H and O–H groups in total. The van der Waals surface area contributed by atoms with E-state index in [9.17, 15) is 18.0 Å². The number of nitrogens with zero attached hydrogens (tertiary/aromatic N) is 1. The van der Waals surface area contributed by atoms with E-state index in [2.05, 4.69) is 10.2 Å². The lowest BCUT2D eigenvalue weighted by molar-refractivity contribution is -0.140. The molecule has 2 heterocycles. The Morgan fingerprint density at radius 1 is 1.41 bits per heavy atom. The summed E-state index contributed by atoms with van der Waals surface area (Å²) in [6.07, 6.45) is -3.57. The minimum Gasteiger partial charge on any atom is -0.451 e. The number of amides is 1. The maximum atomic E-state index is 12.5. The van der Waals surface area contributed by atoms with Gasteiger partial charge in [0.1, 0.15) is 5.76 Å². The van der Waals surface area contributed by atoms with Gasteiger partial charge in [-0.25, -0.2) is 0 Å². The Bertz CT molecular complexity index is 556. The molecule has 0 fully saturated rings. The van der Waals surface area contributed by atoms with E-state index in [1.807, 2.05) is 0 Å². The number of aromatic nitrogens is 2. The molecule has 0 unspecified atom stereocenters. The molecule has 2 rings (SSSR count). The van der Waals surface area contributed by atoms with Crippen LogP contribution in [-0.4, -0.2) is 16.1 Å². The van der Waals surface area contributed by atoms with E-state index >= 15 is 0 Å². The number of H-pyrrole nitrogens is 1. The number of aromatic amines is 1. The van der Waals surface area contributed by atoms with Gasteiger partial charge in [-0.15, -0.1) is 0 Å². The van der Waals surface area contributed by atoms with Crippen LogP contribution in [0, 0.1) is 0 Å². The molecule has 0 saturated carbocycles. The van der Waals surface area contributed by atoms with E-state index in [4.69, 9.17) is 10.2 Å². The van der Waals surface area contributed by atoms with Crippen molar-refractivity contribution in [1.29, 1.82) is 0 Å². The first-order valence-corrected chi connectivity index (χ1v) is 4.40. The fraction of sp³-hybridized carbons (Fsp3) is 0.111. The number of carbonyl (C=O) groups is 1. The van der Waals surface area contributed by atoms with E-state index in [1.54, 1.807) is 0 Å². The van der Waals surface area contributed by atoms with Crippen molar-refractivity contribution in [3.8, 4) is 11.3 Å². The summed E-state index contributed by atoms with van der Waals surface area (Å²) in [5.74, 6) is -1.19. The number of nitrogens with two attached hydrogens (primary N) is 1. The normalized spacial score (nSPS) is 11.7. The van der Waals surface area contributed by atoms with Gasteiger partial charge < -0.3 is 10.2 Å². The average Bonchev–Trinajstić information content (AvgIpc) is 2.85. The lowest BCUT2D eigenvalue weighted by atomic mass is 10.2. The first kappa shape index (κ1) is 11.2. The molecule has 0 atom stereocenters. The second-order valence-corrected chi connectivity index (χ2v) is 3.17. The number of primary amides is 1. The molecule has 0 radical (unpaired) electrons. The smallest absolute Gasteiger partial charge is 0.435 e. The van der Waals surface area contributed by atoms with Crippen LogP contribution in [0.15, 0.2) is 22.7 Å². The maximum Gasteiger partial charge on any atom is 0.435 e. The van der Waals surface area contributed by atoms with E-state index in [0.717, 1.165) is 6.20 Å². The summed E-state index contributed by atoms with van der Waals surface area (Å²) >= 11 is 0. The number of alkyl halides is 3. The van der Waals surface area contributed by atoms with Crippen LogP contribution in [0.4, 0.5) is 13.2 Å². The van der Waals surface area contributed by atoms with E-state index in [1.165, 1.54) is 12.1 Å². The van der Waals surface area contributed by atoms with Gasteiger partial charge in [0.15, 0.2) is 11.5 Å². The van der Waals surface area contributed by atoms with Crippen molar-refractivity contribution in [2.75, 3.05) is 0 Å². The molecule has 0 aliphatic carbocycles. The van der Waals surface area contributed by atoms with Gasteiger partial charge in [0, 0.05) is 6.20 Å². The lowest BCUT2D eigenvalue weighted by Crippen LogP contribution is -2.09. The third kappa shape index (κ3) is 2.01. The number of halogens is 3. The topological polar surface area (TPSA) is 84.9 Å². The zero-order chi connectivity index (χ0) is 12.6. The molecule has 90 valence electrons. The molecular weight excluding hydrogens is 239 g/mol. The predicted molar refractivity (Wildman–Crippen MR) is 49.8 cm³/mol. The lowest BCUT2D eigenvalue weighted by Gasteiger charge is -2.03. The van der Waals surface area contributed by atoms with E-state index in [0.29, 0.717) is 0 Å². The molecule has 2 aromatic heterocycles. The molecule has 0 aliphatic heterocycles. The highest BCUT2D eigenvalue weighted by molar-refractivity contribution is 5.90. The summed E-state index contributed by atoms with van der Waals surface area (Å²) in [5.41, 5.74) is 3.54. The number of rotatable bonds is 2. The second kappa shape index (κ2) is 3.65. The summed E-state index contributed by atoms with van der Waals surface area (Å²) in [4.78, 5) is 10.7. The zero-order valence-electron chi connectivity index (χ0n) is 8.21. The molecule has 2 aromatic rings. The monoisotopic (exact) mass is 245 g/mol. The number of carbonyl (C=O) groups excluding carboxylic acids is 1. The number of nitrogens with one attached hydrogen (secondary N) is 1. The van der Waals surface area contributed by atoms with Gasteiger partial charge in [-0.3, -0.25) is 9.89 Å². The summed E-state index contributed by atoms with van der Waals surface area (Å²) in [6, 6.07) is 2.42. The molecule has 5 nitrogen and oxygen atoms in total. The van der Waals surface area contributed by atoms with Crippen molar-refractivity contribution in [2.24, 2.45) is 5.73 Å². The third-order valence-corrected chi connectivity index (χ3v) is 2.02. The Kier molecular flexibility index (Phi) is 2.41. The largest absolute Gasteiger partial charge is 0.451 e. The van der Waals surface area contributed by atoms with Crippen LogP contribution >= 0.6 is 0 Å². The maximum absolute atomic E-state index is 12.5.